The number of nitrogens with two attached hydrogens (primary N) is 1. The van der Waals surface area contributed by atoms with Gasteiger partial charge < -0.3 is 5.32 Å². The van der Waals surface area contributed by atoms with E-state index in [4.69, 9.17) is 5.14 Å². The van der Waals surface area contributed by atoms with Gasteiger partial charge in [-0.2, -0.15) is 0 Å². The van der Waals surface area contributed by atoms with Gasteiger partial charge in [-0.05, 0) is 26.5 Å². The molecule has 1 aromatic carbocycles. The lowest BCUT2D eigenvalue weighted by atomic mass is 9.89. The molecule has 0 aromatic heterocycles. The van der Waals surface area contributed by atoms with Gasteiger partial charge in [0.15, 0.2) is 0 Å². The van der Waals surface area contributed by atoms with Crippen LogP contribution in [0.3, 0.4) is 0 Å². The number of sulfonamides is 1. The minimum atomic E-state index is -3.95. The van der Waals surface area contributed by atoms with Crippen molar-refractivity contribution in [2.45, 2.75) is 37.1 Å². The van der Waals surface area contributed by atoms with Crippen molar-refractivity contribution >= 4 is 15.7 Å². The molecule has 0 aliphatic heterocycles. The molecule has 3 N–H and O–H groups in total. The van der Waals surface area contributed by atoms with Crippen LogP contribution in [-0.2, 0) is 10.0 Å². The molecule has 1 rings (SSSR count). The number of rotatable bonds is 6. The summed E-state index contributed by atoms with van der Waals surface area (Å²) < 4.78 is 22.6. The van der Waals surface area contributed by atoms with Gasteiger partial charge in [0.05, 0.1) is 9.82 Å². The Morgan fingerprint density at radius 2 is 2.05 bits per heavy atom. The predicted octanol–water partition coefficient (Wildman–Crippen LogP) is 1.34. The number of likely N-dealkylation sites (N-methyl/N-ethyl adjacent to an activating group) is 1. The third kappa shape index (κ3) is 3.53. The monoisotopic (exact) mass is 301 g/mol. The van der Waals surface area contributed by atoms with Gasteiger partial charge in [-0.3, -0.25) is 10.1 Å². The van der Waals surface area contributed by atoms with Crippen LogP contribution in [0.2, 0.25) is 0 Å². The molecule has 0 radical (unpaired) electrons. The molecule has 8 heteroatoms. The highest BCUT2D eigenvalue weighted by Crippen LogP contribution is 2.32. The molecule has 0 spiro atoms. The van der Waals surface area contributed by atoms with Gasteiger partial charge in [-0.15, -0.1) is 0 Å². The van der Waals surface area contributed by atoms with E-state index >= 15 is 0 Å². The molecule has 20 heavy (non-hydrogen) atoms. The first-order valence-corrected chi connectivity index (χ1v) is 7.75. The lowest BCUT2D eigenvalue weighted by Gasteiger charge is -2.22. The first kappa shape index (κ1) is 16.5. The van der Waals surface area contributed by atoms with Crippen molar-refractivity contribution < 1.29 is 13.3 Å². The van der Waals surface area contributed by atoms with E-state index in [1.54, 1.807) is 7.05 Å². The molecule has 0 fully saturated rings. The maximum Gasteiger partial charge on any atom is 0.274 e. The smallest absolute Gasteiger partial charge is 0.274 e. The molecule has 0 amide bonds. The number of hydrogen-bond donors (Lipinski definition) is 2. The average Bonchev–Trinajstić information content (AvgIpc) is 2.38. The van der Waals surface area contributed by atoms with Crippen molar-refractivity contribution in [3.63, 3.8) is 0 Å². The van der Waals surface area contributed by atoms with Crippen LogP contribution < -0.4 is 10.5 Å². The Morgan fingerprint density at radius 3 is 2.45 bits per heavy atom. The zero-order valence-electron chi connectivity index (χ0n) is 11.7. The number of benzene rings is 1. The molecule has 0 aliphatic carbocycles. The van der Waals surface area contributed by atoms with Crippen LogP contribution in [0, 0.1) is 10.1 Å². The Morgan fingerprint density at radius 1 is 1.45 bits per heavy atom. The molecule has 0 saturated heterocycles. The number of nitro groups is 1. The van der Waals surface area contributed by atoms with Gasteiger partial charge in [-0.25, -0.2) is 13.6 Å². The van der Waals surface area contributed by atoms with Crippen LogP contribution in [0.1, 0.15) is 31.7 Å². The molecule has 0 heterocycles. The summed E-state index contributed by atoms with van der Waals surface area (Å²) in [6.07, 6.45) is 0.692. The first-order chi connectivity index (χ1) is 9.22. The lowest BCUT2D eigenvalue weighted by Crippen LogP contribution is -2.29. The summed E-state index contributed by atoms with van der Waals surface area (Å²) in [4.78, 5) is 10.4. The molecule has 2 atom stereocenters. The second-order valence-corrected chi connectivity index (χ2v) is 6.18. The number of nitrogens with zero attached hydrogens (tertiary/aromatic N) is 1. The molecule has 0 aliphatic rings. The van der Waals surface area contributed by atoms with E-state index in [9.17, 15) is 18.5 Å². The summed E-state index contributed by atoms with van der Waals surface area (Å²) in [6.45, 7) is 3.85. The molecule has 2 unspecified atom stereocenters. The highest BCUT2D eigenvalue weighted by atomic mass is 32.2. The van der Waals surface area contributed by atoms with Gasteiger partial charge in [-0.1, -0.05) is 13.0 Å². The lowest BCUT2D eigenvalue weighted by molar-refractivity contribution is -0.386. The minimum Gasteiger partial charge on any atom is -0.317 e. The Labute approximate surface area is 118 Å². The molecule has 1 aromatic rings. The van der Waals surface area contributed by atoms with E-state index in [0.717, 1.165) is 6.07 Å². The molecule has 7 nitrogen and oxygen atoms in total. The number of nitrogens with one attached hydrogen (secondary N) is 1. The van der Waals surface area contributed by atoms with Crippen molar-refractivity contribution in [3.05, 3.63) is 33.9 Å². The van der Waals surface area contributed by atoms with E-state index in [0.29, 0.717) is 12.0 Å². The van der Waals surface area contributed by atoms with E-state index in [2.05, 4.69) is 5.32 Å². The summed E-state index contributed by atoms with van der Waals surface area (Å²) in [6, 6.07) is 3.83. The van der Waals surface area contributed by atoms with Crippen LogP contribution in [0.5, 0.6) is 0 Å². The van der Waals surface area contributed by atoms with Crippen molar-refractivity contribution in [3.8, 4) is 0 Å². The Hall–Kier alpha value is -1.51. The van der Waals surface area contributed by atoms with E-state index in [1.165, 1.54) is 12.1 Å². The van der Waals surface area contributed by atoms with Crippen LogP contribution in [0.25, 0.3) is 0 Å². The zero-order valence-corrected chi connectivity index (χ0v) is 12.5. The number of nitro benzene ring substituents is 1. The van der Waals surface area contributed by atoms with Gasteiger partial charge in [0.25, 0.3) is 5.69 Å². The fourth-order valence-corrected chi connectivity index (χ4v) is 2.75. The second-order valence-electron chi connectivity index (χ2n) is 4.61. The summed E-state index contributed by atoms with van der Waals surface area (Å²) in [5.41, 5.74) is 0.289. The van der Waals surface area contributed by atoms with Crippen LogP contribution in [-0.4, -0.2) is 26.4 Å². The van der Waals surface area contributed by atoms with Crippen LogP contribution in [0.15, 0.2) is 23.1 Å². The van der Waals surface area contributed by atoms with Gasteiger partial charge in [0, 0.05) is 23.6 Å². The predicted molar refractivity (Wildman–Crippen MR) is 76.0 cm³/mol. The van der Waals surface area contributed by atoms with Crippen LogP contribution in [0.4, 0.5) is 5.69 Å². The number of primary sulfonamides is 1. The van der Waals surface area contributed by atoms with Crippen LogP contribution >= 0.6 is 0 Å². The topological polar surface area (TPSA) is 115 Å². The van der Waals surface area contributed by atoms with E-state index < -0.39 is 14.9 Å². The fourth-order valence-electron chi connectivity index (χ4n) is 2.22. The SMILES string of the molecule is CCC(c1ccc(S(N)(=O)=O)cc1[N+](=O)[O-])C(C)NC. The first-order valence-electron chi connectivity index (χ1n) is 6.20. The Bertz CT molecular complexity index is 601. The molecule has 112 valence electrons. The summed E-state index contributed by atoms with van der Waals surface area (Å²) in [7, 11) is -2.18. The maximum absolute atomic E-state index is 11.3. The standard InChI is InChI=1S/C12H19N3O4S/c1-4-10(8(2)14-3)11-6-5-9(20(13,18)19)7-12(11)15(16)17/h5-8,10,14H,4H2,1-3H3,(H2,13,18,19). The molecular formula is C12H19N3O4S. The summed E-state index contributed by atoms with van der Waals surface area (Å²) in [5.74, 6) is -0.0880. The average molecular weight is 301 g/mol. The quantitative estimate of drug-likeness (QED) is 0.607. The molecule has 0 bridgehead atoms. The highest BCUT2D eigenvalue weighted by Gasteiger charge is 2.26. The molecular weight excluding hydrogens is 282 g/mol. The highest BCUT2D eigenvalue weighted by molar-refractivity contribution is 7.89. The zero-order chi connectivity index (χ0) is 15.5. The minimum absolute atomic E-state index is 0.0269. The largest absolute Gasteiger partial charge is 0.317 e. The van der Waals surface area contributed by atoms with Crippen molar-refractivity contribution in [1.82, 2.24) is 5.32 Å². The van der Waals surface area contributed by atoms with E-state index in [-0.39, 0.29) is 22.5 Å². The summed E-state index contributed by atoms with van der Waals surface area (Å²) >= 11 is 0. The Kier molecular flexibility index (Phi) is 5.21. The Balaban J connectivity index is 3.44. The van der Waals surface area contributed by atoms with E-state index in [1.807, 2.05) is 13.8 Å². The second kappa shape index (κ2) is 6.29. The third-order valence-corrected chi connectivity index (χ3v) is 4.34. The van der Waals surface area contributed by atoms with Crippen molar-refractivity contribution in [2.75, 3.05) is 7.05 Å². The summed E-state index contributed by atoms with van der Waals surface area (Å²) in [5, 5.41) is 19.2. The van der Waals surface area contributed by atoms with Crippen molar-refractivity contribution in [1.29, 1.82) is 0 Å². The molecule has 0 saturated carbocycles. The third-order valence-electron chi connectivity index (χ3n) is 3.43. The van der Waals surface area contributed by atoms with Gasteiger partial charge in [0.2, 0.25) is 10.0 Å². The number of hydrogen-bond acceptors (Lipinski definition) is 5. The normalized spacial score (nSPS) is 14.8. The van der Waals surface area contributed by atoms with Gasteiger partial charge in [0.1, 0.15) is 0 Å². The van der Waals surface area contributed by atoms with Gasteiger partial charge >= 0.3 is 0 Å². The maximum atomic E-state index is 11.3. The fraction of sp³-hybridized carbons (Fsp3) is 0.500. The van der Waals surface area contributed by atoms with Crippen molar-refractivity contribution in [2.24, 2.45) is 5.14 Å².